The number of fused-ring (bicyclic) bond motifs is 1. The molecule has 0 saturated carbocycles. The minimum absolute atomic E-state index is 0.0220. The number of hydrogen-bond donors (Lipinski definition) is 1. The Bertz CT molecular complexity index is 693. The largest absolute Gasteiger partial charge is 0.379 e. The summed E-state index contributed by atoms with van der Waals surface area (Å²) in [6, 6.07) is 6.56. The lowest BCUT2D eigenvalue weighted by molar-refractivity contribution is -0.135. The molecule has 1 heterocycles. The van der Waals surface area contributed by atoms with Gasteiger partial charge in [0.25, 0.3) is 0 Å². The topological polar surface area (TPSA) is 58.6 Å². The zero-order valence-electron chi connectivity index (χ0n) is 18.0. The average Bonchev–Trinajstić information content (AvgIpc) is 2.73. The van der Waals surface area contributed by atoms with Gasteiger partial charge in [-0.25, -0.2) is 0 Å². The van der Waals surface area contributed by atoms with E-state index >= 15 is 0 Å². The monoisotopic (exact) mass is 400 g/mol. The molecule has 1 aliphatic carbocycles. The van der Waals surface area contributed by atoms with Crippen LogP contribution in [-0.4, -0.2) is 49.1 Å². The maximum absolute atomic E-state index is 12.7. The summed E-state index contributed by atoms with van der Waals surface area (Å²) in [7, 11) is 0. The van der Waals surface area contributed by atoms with E-state index in [1.54, 1.807) is 0 Å². The Kier molecular flexibility index (Phi) is 8.10. The van der Waals surface area contributed by atoms with Crippen LogP contribution in [0.4, 0.5) is 0 Å². The summed E-state index contributed by atoms with van der Waals surface area (Å²) in [5.74, 6) is 0.329. The second-order valence-electron chi connectivity index (χ2n) is 8.71. The number of rotatable bonds is 8. The van der Waals surface area contributed by atoms with Gasteiger partial charge in [0.05, 0.1) is 12.5 Å². The van der Waals surface area contributed by atoms with Crippen LogP contribution in [0.1, 0.15) is 62.6 Å². The molecule has 1 saturated heterocycles. The van der Waals surface area contributed by atoms with Crippen LogP contribution in [0.3, 0.4) is 0 Å². The fourth-order valence-electron chi connectivity index (χ4n) is 4.32. The predicted octanol–water partition coefficient (Wildman–Crippen LogP) is 3.28. The molecule has 3 rings (SSSR count). The van der Waals surface area contributed by atoms with Gasteiger partial charge in [-0.05, 0) is 75.5 Å². The minimum Gasteiger partial charge on any atom is -0.379 e. The third kappa shape index (κ3) is 6.56. The fraction of sp³-hybridized carbons (Fsp3) is 0.667. The lowest BCUT2D eigenvalue weighted by Gasteiger charge is -2.31. The normalized spacial score (nSPS) is 17.3. The van der Waals surface area contributed by atoms with Crippen LogP contribution >= 0.6 is 0 Å². The highest BCUT2D eigenvalue weighted by atomic mass is 16.5. The molecule has 0 aromatic heterocycles. The van der Waals surface area contributed by atoms with E-state index < -0.39 is 0 Å². The van der Waals surface area contributed by atoms with Crippen molar-refractivity contribution in [3.8, 4) is 0 Å². The zero-order chi connectivity index (χ0) is 20.6. The molecule has 1 aromatic rings. The molecule has 1 N–H and O–H groups in total. The number of carbonyl (C=O) groups excluding carboxylic acids is 2. The van der Waals surface area contributed by atoms with Gasteiger partial charge in [-0.15, -0.1) is 0 Å². The molecule has 0 spiro atoms. The van der Waals surface area contributed by atoms with Crippen molar-refractivity contribution in [2.24, 2.45) is 5.92 Å². The Balaban J connectivity index is 1.38. The first kappa shape index (κ1) is 21.8. The Labute approximate surface area is 175 Å². The van der Waals surface area contributed by atoms with Crippen molar-refractivity contribution in [1.29, 1.82) is 0 Å². The summed E-state index contributed by atoms with van der Waals surface area (Å²) in [6.07, 6.45) is 7.89. The molecule has 1 fully saturated rings. The molecular weight excluding hydrogens is 364 g/mol. The van der Waals surface area contributed by atoms with Gasteiger partial charge < -0.3 is 15.0 Å². The molecule has 2 amide bonds. The van der Waals surface area contributed by atoms with Crippen LogP contribution < -0.4 is 5.32 Å². The summed E-state index contributed by atoms with van der Waals surface area (Å²) >= 11 is 0. The number of hydrogen-bond acceptors (Lipinski definition) is 3. The van der Waals surface area contributed by atoms with Crippen molar-refractivity contribution in [2.75, 3.05) is 26.2 Å². The predicted molar refractivity (Wildman–Crippen MR) is 115 cm³/mol. The first-order valence-electron chi connectivity index (χ1n) is 11.3. The van der Waals surface area contributed by atoms with Gasteiger partial charge >= 0.3 is 0 Å². The van der Waals surface area contributed by atoms with Crippen molar-refractivity contribution >= 4 is 11.8 Å². The van der Waals surface area contributed by atoms with Crippen molar-refractivity contribution < 1.29 is 14.3 Å². The number of likely N-dealkylation sites (tertiary alicyclic amines) is 1. The molecule has 0 bridgehead atoms. The number of ether oxygens (including phenoxy) is 1. The summed E-state index contributed by atoms with van der Waals surface area (Å²) in [6.45, 7) is 6.71. The van der Waals surface area contributed by atoms with Gasteiger partial charge in [-0.3, -0.25) is 9.59 Å². The quantitative estimate of drug-likeness (QED) is 0.682. The molecule has 29 heavy (non-hydrogen) atoms. The number of carbonyl (C=O) groups is 2. The van der Waals surface area contributed by atoms with E-state index in [1.807, 2.05) is 18.7 Å². The molecule has 0 unspecified atom stereocenters. The van der Waals surface area contributed by atoms with E-state index in [4.69, 9.17) is 4.74 Å². The summed E-state index contributed by atoms with van der Waals surface area (Å²) in [5.41, 5.74) is 4.00. The van der Waals surface area contributed by atoms with E-state index in [-0.39, 0.29) is 23.8 Å². The van der Waals surface area contributed by atoms with Crippen LogP contribution in [0, 0.1) is 5.92 Å². The first-order chi connectivity index (χ1) is 14.0. The first-order valence-corrected chi connectivity index (χ1v) is 11.3. The van der Waals surface area contributed by atoms with Gasteiger partial charge in [0, 0.05) is 32.2 Å². The van der Waals surface area contributed by atoms with E-state index in [1.165, 1.54) is 30.4 Å². The highest BCUT2D eigenvalue weighted by Crippen LogP contribution is 2.23. The maximum atomic E-state index is 12.7. The maximum Gasteiger partial charge on any atom is 0.226 e. The second-order valence-corrected chi connectivity index (χ2v) is 8.71. The van der Waals surface area contributed by atoms with Gasteiger partial charge in [0.1, 0.15) is 0 Å². The van der Waals surface area contributed by atoms with Crippen LogP contribution in [0.2, 0.25) is 0 Å². The molecule has 160 valence electrons. The van der Waals surface area contributed by atoms with Crippen molar-refractivity contribution in [3.63, 3.8) is 0 Å². The van der Waals surface area contributed by atoms with Gasteiger partial charge in [0.2, 0.25) is 11.8 Å². The third-order valence-electron chi connectivity index (χ3n) is 6.06. The molecule has 0 radical (unpaired) electrons. The smallest absolute Gasteiger partial charge is 0.226 e. The molecule has 0 atom stereocenters. The van der Waals surface area contributed by atoms with Gasteiger partial charge in [-0.1, -0.05) is 18.2 Å². The second kappa shape index (κ2) is 10.8. The number of benzene rings is 1. The Morgan fingerprint density at radius 3 is 2.59 bits per heavy atom. The Morgan fingerprint density at radius 2 is 1.86 bits per heavy atom. The van der Waals surface area contributed by atoms with Crippen molar-refractivity contribution in [2.45, 2.75) is 71.3 Å². The lowest BCUT2D eigenvalue weighted by Crippen LogP contribution is -2.43. The van der Waals surface area contributed by atoms with Crippen LogP contribution in [0.5, 0.6) is 0 Å². The fourth-order valence-corrected chi connectivity index (χ4v) is 4.32. The molecule has 2 aliphatic rings. The summed E-state index contributed by atoms with van der Waals surface area (Å²) in [5, 5.41) is 3.02. The van der Waals surface area contributed by atoms with Gasteiger partial charge in [0.15, 0.2) is 0 Å². The Hall–Kier alpha value is -1.88. The van der Waals surface area contributed by atoms with Crippen molar-refractivity contribution in [1.82, 2.24) is 10.2 Å². The van der Waals surface area contributed by atoms with Crippen LogP contribution in [-0.2, 0) is 33.6 Å². The molecule has 5 nitrogen and oxygen atoms in total. The zero-order valence-corrected chi connectivity index (χ0v) is 18.0. The molecule has 1 aromatic carbocycles. The van der Waals surface area contributed by atoms with E-state index in [0.29, 0.717) is 32.7 Å². The van der Waals surface area contributed by atoms with E-state index in [0.717, 1.165) is 31.2 Å². The summed E-state index contributed by atoms with van der Waals surface area (Å²) < 4.78 is 5.49. The molecular formula is C24H36N2O3. The highest BCUT2D eigenvalue weighted by Gasteiger charge is 2.27. The average molecular weight is 401 g/mol. The lowest BCUT2D eigenvalue weighted by atomic mass is 9.89. The number of piperidine rings is 1. The third-order valence-corrected chi connectivity index (χ3v) is 6.06. The van der Waals surface area contributed by atoms with E-state index in [2.05, 4.69) is 23.5 Å². The number of aryl methyl sites for hydroxylation is 2. The van der Waals surface area contributed by atoms with Crippen LogP contribution in [0.15, 0.2) is 18.2 Å². The molecule has 1 aliphatic heterocycles. The minimum atomic E-state index is 0.0220. The standard InChI is InChI=1S/C24H36N2O3/c1-18(2)29-15-5-12-25-24(28)21-10-13-26(14-11-21)23(27)17-19-8-9-20-6-3-4-7-22(20)16-19/h8-9,16,18,21H,3-7,10-15,17H2,1-2H3,(H,25,28). The summed E-state index contributed by atoms with van der Waals surface area (Å²) in [4.78, 5) is 27.0. The highest BCUT2D eigenvalue weighted by molar-refractivity contribution is 5.81. The van der Waals surface area contributed by atoms with Crippen molar-refractivity contribution in [3.05, 3.63) is 34.9 Å². The number of nitrogens with zero attached hydrogens (tertiary/aromatic N) is 1. The molecule has 5 heteroatoms. The number of amides is 2. The SMILES string of the molecule is CC(C)OCCCNC(=O)C1CCN(C(=O)Cc2ccc3c(c2)CCCC3)CC1. The number of nitrogens with one attached hydrogen (secondary N) is 1. The van der Waals surface area contributed by atoms with E-state index in [9.17, 15) is 9.59 Å². The Morgan fingerprint density at radius 1 is 1.14 bits per heavy atom. The van der Waals surface area contributed by atoms with Gasteiger partial charge in [-0.2, -0.15) is 0 Å². The van der Waals surface area contributed by atoms with Crippen LogP contribution in [0.25, 0.3) is 0 Å².